The second kappa shape index (κ2) is 17.6. The second-order valence-electron chi connectivity index (χ2n) is 16.5. The monoisotopic (exact) mass is 808 g/mol. The van der Waals surface area contributed by atoms with Crippen LogP contribution >= 0.6 is 0 Å². The number of hydrogen-bond acceptors (Lipinski definition) is 2. The molecule has 2 heteroatoms. The third kappa shape index (κ3) is 8.40. The summed E-state index contributed by atoms with van der Waals surface area (Å²) in [5.41, 5.74) is 17.6. The lowest BCUT2D eigenvalue weighted by atomic mass is 9.75. The molecule has 0 aromatic heterocycles. The molecule has 10 rings (SSSR count). The van der Waals surface area contributed by atoms with Crippen LogP contribution in [0.2, 0.25) is 0 Å². The van der Waals surface area contributed by atoms with Crippen LogP contribution in [-0.2, 0) is 5.41 Å². The first-order chi connectivity index (χ1) is 31.1. The molecule has 2 nitrogen and oxygen atoms in total. The minimum atomic E-state index is -0.0645. The number of hydrogen-bond donors (Lipinski definition) is 0. The van der Waals surface area contributed by atoms with E-state index >= 15 is 0 Å². The number of benzene rings is 9. The molecule has 0 fully saturated rings. The molecular formula is C61H48N2. The zero-order valence-corrected chi connectivity index (χ0v) is 35.4. The largest absolute Gasteiger partial charge is 0.311 e. The number of rotatable bonds is 11. The van der Waals surface area contributed by atoms with Crippen molar-refractivity contribution in [3.63, 3.8) is 0 Å². The van der Waals surface area contributed by atoms with Crippen LogP contribution in [0.4, 0.5) is 34.1 Å². The molecule has 1 atom stereocenters. The number of anilines is 6. The fraction of sp³-hybridized carbons (Fsp3) is 0.0492. The van der Waals surface area contributed by atoms with E-state index < -0.39 is 0 Å². The summed E-state index contributed by atoms with van der Waals surface area (Å²) in [6, 6.07) is 87.1. The molecule has 0 amide bonds. The number of nitrogens with zero attached hydrogens (tertiary/aromatic N) is 2. The smallest absolute Gasteiger partial charge is 0.0462 e. The van der Waals surface area contributed by atoms with Crippen LogP contribution < -0.4 is 9.80 Å². The van der Waals surface area contributed by atoms with Gasteiger partial charge in [0.05, 0.1) is 0 Å². The van der Waals surface area contributed by atoms with Gasteiger partial charge in [-0.25, -0.2) is 0 Å². The molecule has 9 aromatic carbocycles. The van der Waals surface area contributed by atoms with Crippen LogP contribution in [0.15, 0.2) is 261 Å². The van der Waals surface area contributed by atoms with Crippen molar-refractivity contribution in [1.82, 2.24) is 0 Å². The molecule has 1 aliphatic carbocycles. The summed E-state index contributed by atoms with van der Waals surface area (Å²) in [7, 11) is 0. The molecule has 0 radical (unpaired) electrons. The van der Waals surface area contributed by atoms with Crippen LogP contribution in [-0.4, -0.2) is 0 Å². The van der Waals surface area contributed by atoms with Crippen LogP contribution in [0.5, 0.6) is 0 Å². The minimum Gasteiger partial charge on any atom is -0.311 e. The van der Waals surface area contributed by atoms with Gasteiger partial charge in [-0.2, -0.15) is 0 Å². The lowest BCUT2D eigenvalue weighted by molar-refractivity contribution is 0.601. The molecule has 0 bridgehead atoms. The Balaban J connectivity index is 0.888. The molecule has 1 aliphatic rings. The van der Waals surface area contributed by atoms with Crippen molar-refractivity contribution >= 4 is 39.7 Å². The maximum Gasteiger partial charge on any atom is 0.0462 e. The maximum atomic E-state index is 2.38. The van der Waals surface area contributed by atoms with Crippen molar-refractivity contribution in [1.29, 1.82) is 0 Å². The highest BCUT2D eigenvalue weighted by Crippen LogP contribution is 2.41. The van der Waals surface area contributed by atoms with Crippen molar-refractivity contribution in [2.75, 3.05) is 9.80 Å². The van der Waals surface area contributed by atoms with Gasteiger partial charge in [0.25, 0.3) is 0 Å². The maximum absolute atomic E-state index is 2.38. The van der Waals surface area contributed by atoms with E-state index in [0.29, 0.717) is 0 Å². The minimum absolute atomic E-state index is 0.0645. The topological polar surface area (TPSA) is 6.48 Å². The predicted molar refractivity (Wildman–Crippen MR) is 268 cm³/mol. The van der Waals surface area contributed by atoms with E-state index in [1.54, 1.807) is 0 Å². The molecule has 302 valence electrons. The summed E-state index contributed by atoms with van der Waals surface area (Å²) < 4.78 is 0. The third-order valence-electron chi connectivity index (χ3n) is 12.3. The van der Waals surface area contributed by atoms with Gasteiger partial charge in [0.2, 0.25) is 0 Å². The summed E-state index contributed by atoms with van der Waals surface area (Å²) in [5, 5.41) is 0. The van der Waals surface area contributed by atoms with Crippen LogP contribution in [0.25, 0.3) is 39.0 Å². The zero-order chi connectivity index (χ0) is 42.4. The quantitative estimate of drug-likeness (QED) is 0.128. The summed E-state index contributed by atoms with van der Waals surface area (Å²) in [6.45, 7) is 2.33. The fourth-order valence-electron chi connectivity index (χ4n) is 8.75. The van der Waals surface area contributed by atoms with E-state index in [9.17, 15) is 0 Å². The summed E-state index contributed by atoms with van der Waals surface area (Å²) >= 11 is 0. The van der Waals surface area contributed by atoms with Crippen molar-refractivity contribution < 1.29 is 0 Å². The Hall–Kier alpha value is -7.94. The van der Waals surface area contributed by atoms with Gasteiger partial charge in [-0.3, -0.25) is 0 Å². The Bertz CT molecular complexity index is 2970. The standard InChI is InChI=1S/C61H48N2/c1-61(43-41-51(42-44-61)47-17-8-3-9-18-47)54-31-39-60(40-32-54)63(56-23-12-5-13-24-56)59-37-29-50(30-38-59)53-20-14-19-52(45-53)49-27-35-58(36-28-49)62(55-21-10-4-11-22-55)57-33-25-48(26-34-57)46-15-6-2-7-16-46/h2-43,45H,44H2,1H3. The van der Waals surface area contributed by atoms with Gasteiger partial charge >= 0.3 is 0 Å². The molecule has 0 spiro atoms. The van der Waals surface area contributed by atoms with Crippen LogP contribution in [0.3, 0.4) is 0 Å². The lowest BCUT2D eigenvalue weighted by Gasteiger charge is -2.30. The average molecular weight is 809 g/mol. The van der Waals surface area contributed by atoms with Gasteiger partial charge in [-0.05, 0) is 135 Å². The first-order valence-electron chi connectivity index (χ1n) is 21.8. The Labute approximate surface area is 372 Å². The van der Waals surface area contributed by atoms with E-state index in [1.807, 2.05) is 0 Å². The Kier molecular flexibility index (Phi) is 10.9. The van der Waals surface area contributed by atoms with E-state index in [-0.39, 0.29) is 5.41 Å². The lowest BCUT2D eigenvalue weighted by Crippen LogP contribution is -2.20. The van der Waals surface area contributed by atoms with Crippen LogP contribution in [0.1, 0.15) is 24.5 Å². The van der Waals surface area contributed by atoms with Crippen LogP contribution in [0, 0.1) is 0 Å². The molecular weight excluding hydrogens is 761 g/mol. The Morgan fingerprint density at radius 1 is 0.317 bits per heavy atom. The van der Waals surface area contributed by atoms with Crippen molar-refractivity contribution in [2.45, 2.75) is 18.8 Å². The Morgan fingerprint density at radius 3 is 1.06 bits per heavy atom. The zero-order valence-electron chi connectivity index (χ0n) is 35.4. The van der Waals surface area contributed by atoms with Gasteiger partial charge in [0, 0.05) is 39.5 Å². The number of allylic oxidation sites excluding steroid dienone is 4. The van der Waals surface area contributed by atoms with E-state index in [2.05, 4.69) is 278 Å². The third-order valence-corrected chi connectivity index (χ3v) is 12.3. The number of para-hydroxylation sites is 2. The molecule has 0 heterocycles. The van der Waals surface area contributed by atoms with Crippen molar-refractivity contribution in [3.05, 3.63) is 272 Å². The summed E-state index contributed by atoms with van der Waals surface area (Å²) in [4.78, 5) is 4.66. The first kappa shape index (κ1) is 39.2. The highest BCUT2D eigenvalue weighted by Gasteiger charge is 2.26. The molecule has 0 aliphatic heterocycles. The normalized spacial score (nSPS) is 14.5. The van der Waals surface area contributed by atoms with Gasteiger partial charge in [0.15, 0.2) is 0 Å². The predicted octanol–water partition coefficient (Wildman–Crippen LogP) is 16.9. The SMILES string of the molecule is CC1(c2ccc(N(c3ccccc3)c3ccc(-c4cccc(-c5ccc(N(c6ccccc6)c6ccc(-c7ccccc7)cc6)cc5)c4)cc3)cc2)C=CC(c2ccccc2)=CC1. The average Bonchev–Trinajstić information content (AvgIpc) is 3.36. The molecule has 63 heavy (non-hydrogen) atoms. The van der Waals surface area contributed by atoms with Crippen molar-refractivity contribution in [3.8, 4) is 33.4 Å². The molecule has 9 aromatic rings. The van der Waals surface area contributed by atoms with E-state index in [4.69, 9.17) is 0 Å². The van der Waals surface area contributed by atoms with Crippen molar-refractivity contribution in [2.24, 2.45) is 0 Å². The molecule has 0 saturated heterocycles. The van der Waals surface area contributed by atoms with Gasteiger partial charge in [0.1, 0.15) is 0 Å². The van der Waals surface area contributed by atoms with Gasteiger partial charge < -0.3 is 9.80 Å². The molecule has 1 unspecified atom stereocenters. The highest BCUT2D eigenvalue weighted by molar-refractivity contribution is 5.82. The fourth-order valence-corrected chi connectivity index (χ4v) is 8.75. The molecule has 0 saturated carbocycles. The van der Waals surface area contributed by atoms with Gasteiger partial charge in [-0.15, -0.1) is 0 Å². The highest BCUT2D eigenvalue weighted by atomic mass is 15.1. The summed E-state index contributed by atoms with van der Waals surface area (Å²) in [6.07, 6.45) is 7.99. The van der Waals surface area contributed by atoms with Gasteiger partial charge in [-0.1, -0.05) is 189 Å². The second-order valence-corrected chi connectivity index (χ2v) is 16.5. The van der Waals surface area contributed by atoms with E-state index in [1.165, 1.54) is 50.1 Å². The summed E-state index contributed by atoms with van der Waals surface area (Å²) in [5.74, 6) is 0. The van der Waals surface area contributed by atoms with E-state index in [0.717, 1.165) is 40.5 Å². The first-order valence-corrected chi connectivity index (χ1v) is 21.8. The Morgan fingerprint density at radius 2 is 0.651 bits per heavy atom. The molecule has 0 N–H and O–H groups in total.